The van der Waals surface area contributed by atoms with E-state index in [2.05, 4.69) is 41.7 Å². The number of hydrogen-bond acceptors (Lipinski definition) is 24. The molecule has 44 nitrogen and oxygen atoms in total. The molecule has 0 spiro atoms. The quantitative estimate of drug-likeness (QED) is 0.0153. The molecule has 1 radical (unpaired) electrons. The largest absolute Gasteiger partial charge is 4.00 e. The number of aromatic nitrogens is 12. The van der Waals surface area contributed by atoms with E-state index in [9.17, 15) is 78.8 Å². The van der Waals surface area contributed by atoms with E-state index in [1.807, 2.05) is 0 Å². The van der Waals surface area contributed by atoms with Crippen molar-refractivity contribution in [2.75, 3.05) is 133 Å². The van der Waals surface area contributed by atoms with E-state index < -0.39 is 143 Å². The zero-order chi connectivity index (χ0) is 65.9. The van der Waals surface area contributed by atoms with Crippen molar-refractivity contribution in [2.24, 2.45) is 0 Å². The Labute approximate surface area is 529 Å². The van der Waals surface area contributed by atoms with Gasteiger partial charge in [-0.3, -0.25) is 38.4 Å². The molecule has 1 saturated heterocycles. The first kappa shape index (κ1) is 73.9. The molecular formula is C46H72N24O20Tc+8. The summed E-state index contributed by atoms with van der Waals surface area (Å²) < 4.78 is 27.0. The molecule has 1 aliphatic heterocycles. The van der Waals surface area contributed by atoms with E-state index >= 15 is 0 Å². The van der Waals surface area contributed by atoms with Gasteiger partial charge in [0.15, 0.2) is 46.6 Å². The van der Waals surface area contributed by atoms with Gasteiger partial charge in [0.25, 0.3) is 72.6 Å². The first-order valence-corrected chi connectivity index (χ1v) is 27.6. The maximum absolute atomic E-state index is 14.5. The molecule has 0 aromatic carbocycles. The van der Waals surface area contributed by atoms with Crippen LogP contribution in [0.3, 0.4) is 0 Å². The van der Waals surface area contributed by atoms with Crippen LogP contribution in [0.5, 0.6) is 0 Å². The predicted octanol–water partition coefficient (Wildman–Crippen LogP) is -8.49. The number of carbonyl (C=O) groups is 8. The van der Waals surface area contributed by atoms with Crippen molar-refractivity contribution >= 4 is 71.1 Å². The number of amides is 8. The number of carbonyl (C=O) groups excluding carboxylic acids is 8. The Bertz CT molecular complexity index is 2800. The number of nitro groups is 4. The average molecular weight is 1380 g/mol. The summed E-state index contributed by atoms with van der Waals surface area (Å²) in [6, 6.07) is 0. The van der Waals surface area contributed by atoms with Crippen LogP contribution >= 0.6 is 0 Å². The summed E-state index contributed by atoms with van der Waals surface area (Å²) >= 11 is 0. The van der Waals surface area contributed by atoms with Crippen LogP contribution in [0.15, 0.2) is 25.3 Å². The van der Waals surface area contributed by atoms with Crippen molar-refractivity contribution in [1.82, 2.24) is 80.0 Å². The number of rotatable bonds is 32. The predicted molar refractivity (Wildman–Crippen MR) is 291 cm³/mol. The Balaban J connectivity index is 0.0000177. The summed E-state index contributed by atoms with van der Waals surface area (Å²) in [7, 11) is 5.65. The summed E-state index contributed by atoms with van der Waals surface area (Å²) in [5, 5.41) is 74.8. The Hall–Kier alpha value is -9.59. The normalized spacial score (nSPS) is 13.1. The SMILES string of the molecule is COCCNC(=O)Cn1c[n+](CC(=O)N2CCCN(C(=O)C[n+]3cn(CC(=O)NCCOC)nc3[N+](=O)[O-])CCN(C(=O)C[n+]3cn(CC(=O)NCCOC)nc3[N+](=O)[O-])CCCN(C(=O)C[n+]3cn(CC(=O)NCCOC)nc3[N+](=O)[O-])CC2)c([N+](=O)[O-])n1.[99Tc+4]. The van der Waals surface area contributed by atoms with E-state index in [4.69, 9.17) is 18.9 Å². The van der Waals surface area contributed by atoms with Gasteiger partial charge in [-0.1, -0.05) is 0 Å². The molecule has 5 heterocycles. The fraction of sp³-hybridized carbons (Fsp3) is 0.652. The molecule has 495 valence electrons. The second-order valence-corrected chi connectivity index (χ2v) is 19.6. The average Bonchev–Trinajstić information content (AvgIpc) is 2.02. The fourth-order valence-electron chi connectivity index (χ4n) is 8.76. The zero-order valence-electron chi connectivity index (χ0n) is 50.2. The van der Waals surface area contributed by atoms with Gasteiger partial charge in [0.05, 0.1) is 26.4 Å². The number of nitrogens with zero attached hydrogens (tertiary/aromatic N) is 20. The molecular weight excluding hydrogens is 1310 g/mol. The van der Waals surface area contributed by atoms with Gasteiger partial charge in [-0.15, -0.1) is 18.3 Å². The van der Waals surface area contributed by atoms with E-state index in [1.54, 1.807) is 0 Å². The van der Waals surface area contributed by atoms with Crippen molar-refractivity contribution in [2.45, 2.75) is 65.2 Å². The molecule has 45 heteroatoms. The molecule has 4 aromatic heterocycles. The van der Waals surface area contributed by atoms with Gasteiger partial charge < -0.3 is 100 Å². The van der Waals surface area contributed by atoms with E-state index in [0.29, 0.717) is 0 Å². The van der Waals surface area contributed by atoms with Crippen molar-refractivity contribution in [3.05, 3.63) is 65.8 Å². The van der Waals surface area contributed by atoms with E-state index in [1.165, 1.54) is 48.0 Å². The van der Waals surface area contributed by atoms with Crippen molar-refractivity contribution in [3.8, 4) is 0 Å². The molecule has 4 N–H and O–H groups in total. The van der Waals surface area contributed by atoms with Crippen molar-refractivity contribution < 1.29 is 115 Å². The standard InChI is InChI=1S/C46H68N24O20.Tc/c1-87-19-7-47-35(71)23-63-31-59(43(51-63)67(79)80)27-39(75)55-11-5-12-57(41(77)29-61-33-65(53-45(61)69(83)84)25-37(73)49-9-21-89-3)17-18-58(42(78)30-62-34-66(54-46(62)70(85)86)26-38(74)50-10-22-90-4)14-6-13-56(16-15-55)40(76)28-60-32-64(52-44(60)68(81)82)24-36(72)48-8-20-88-2;/h31-34H,5-30H2,1-4H3;/q;+4/p+4/i;1+1. The van der Waals surface area contributed by atoms with Gasteiger partial charge in [0, 0.05) is 127 Å². The second-order valence-electron chi connectivity index (χ2n) is 19.6. The smallest absolute Gasteiger partial charge is 0.383 e. The van der Waals surface area contributed by atoms with Crippen LogP contribution in [0.25, 0.3) is 0 Å². The first-order chi connectivity index (χ1) is 43.0. The van der Waals surface area contributed by atoms with Crippen LogP contribution in [0.4, 0.5) is 23.8 Å². The fourth-order valence-corrected chi connectivity index (χ4v) is 8.76. The Morgan fingerprint density at radius 1 is 0.396 bits per heavy atom. The molecule has 0 bridgehead atoms. The van der Waals surface area contributed by atoms with Crippen LogP contribution in [0.2, 0.25) is 0 Å². The third-order valence-corrected chi connectivity index (χ3v) is 13.0. The Morgan fingerprint density at radius 2 is 0.593 bits per heavy atom. The van der Waals surface area contributed by atoms with Crippen LogP contribution < -0.4 is 39.5 Å². The summed E-state index contributed by atoms with van der Waals surface area (Å²) in [4.78, 5) is 159. The summed E-state index contributed by atoms with van der Waals surface area (Å²) in [5.74, 6) is -8.92. The van der Waals surface area contributed by atoms with Crippen molar-refractivity contribution in [3.63, 3.8) is 0 Å². The maximum atomic E-state index is 14.5. The van der Waals surface area contributed by atoms with Crippen LogP contribution in [-0.4, -0.2) is 259 Å². The minimum atomic E-state index is -0.885. The summed E-state index contributed by atoms with van der Waals surface area (Å²) in [5.41, 5.74) is 0. The van der Waals surface area contributed by atoms with E-state index in [-0.39, 0.29) is 138 Å². The van der Waals surface area contributed by atoms with Gasteiger partial charge >= 0.3 is 43.9 Å². The van der Waals surface area contributed by atoms with Gasteiger partial charge in [0.1, 0.15) is 0 Å². The number of nitrogens with one attached hydrogen (secondary N) is 4. The van der Waals surface area contributed by atoms with Crippen molar-refractivity contribution in [1.29, 1.82) is 0 Å². The van der Waals surface area contributed by atoms with Gasteiger partial charge in [-0.2, -0.15) is 0 Å². The molecule has 8 amide bonds. The Kier molecular flexibility index (Phi) is 30.4. The monoisotopic (exact) mass is 1380 g/mol. The molecule has 0 aliphatic carbocycles. The molecule has 4 aromatic rings. The number of hydrogen-bond donors (Lipinski definition) is 4. The van der Waals surface area contributed by atoms with Crippen LogP contribution in [0, 0.1) is 40.5 Å². The maximum Gasteiger partial charge on any atom is 4.00 e. The topological polar surface area (TPSA) is 494 Å². The molecule has 1 fully saturated rings. The van der Waals surface area contributed by atoms with E-state index in [0.717, 1.165) is 62.3 Å². The molecule has 91 heavy (non-hydrogen) atoms. The Morgan fingerprint density at radius 3 is 0.769 bits per heavy atom. The van der Waals surface area contributed by atoms with Gasteiger partial charge in [-0.05, 0) is 31.6 Å². The first-order valence-electron chi connectivity index (χ1n) is 27.6. The summed E-state index contributed by atoms with van der Waals surface area (Å²) in [6.07, 6.45) is 4.00. The molecule has 0 saturated carbocycles. The summed E-state index contributed by atoms with van der Waals surface area (Å²) in [6.45, 7) is -6.45. The zero-order valence-corrected chi connectivity index (χ0v) is 52.0. The third-order valence-electron chi connectivity index (χ3n) is 13.0. The number of methoxy groups -OCH3 is 4. The molecule has 1 aliphatic rings. The molecule has 0 unspecified atom stereocenters. The number of ether oxygens (including phenoxy) is 4. The minimum absolute atomic E-state index is 0. The van der Waals surface area contributed by atoms with Gasteiger partial charge in [0.2, 0.25) is 26.2 Å². The van der Waals surface area contributed by atoms with Crippen LogP contribution in [0.1, 0.15) is 12.8 Å². The third kappa shape index (κ3) is 23.7. The second kappa shape index (κ2) is 37.4. The molecule has 0 atom stereocenters. The van der Waals surface area contributed by atoms with Gasteiger partial charge in [-0.25, -0.2) is 0 Å². The minimum Gasteiger partial charge on any atom is -0.383 e. The molecule has 5 rings (SSSR count). The van der Waals surface area contributed by atoms with Crippen LogP contribution in [-0.2, 0) is 130 Å².